The molecule has 1 aliphatic rings. The summed E-state index contributed by atoms with van der Waals surface area (Å²) < 4.78 is 10.8. The molecule has 2 atom stereocenters. The third-order valence-electron chi connectivity index (χ3n) is 3.29. The third kappa shape index (κ3) is 3.26. The Morgan fingerprint density at radius 1 is 1.45 bits per heavy atom. The fourth-order valence-corrected chi connectivity index (χ4v) is 2.44. The first-order valence-electron chi connectivity index (χ1n) is 6.76. The van der Waals surface area contributed by atoms with Gasteiger partial charge in [-0.2, -0.15) is 0 Å². The number of carbonyl (C=O) groups is 1. The number of rotatable bonds is 5. The summed E-state index contributed by atoms with van der Waals surface area (Å²) in [6.45, 7) is 9.37. The van der Waals surface area contributed by atoms with E-state index < -0.39 is 5.54 Å². The number of methoxy groups -OCH3 is 2. The van der Waals surface area contributed by atoms with E-state index >= 15 is 0 Å². The summed E-state index contributed by atoms with van der Waals surface area (Å²) in [6.07, 6.45) is 2.43. The van der Waals surface area contributed by atoms with Crippen LogP contribution in [0.15, 0.2) is 22.6 Å². The summed E-state index contributed by atoms with van der Waals surface area (Å²) >= 11 is 0. The topological polar surface area (TPSA) is 60.2 Å². The number of Topliss-reactive ketones (excluding diaryl/α,β-unsaturated/α-hetero) is 1. The van der Waals surface area contributed by atoms with Crippen LogP contribution in [0.25, 0.3) is 0 Å². The van der Waals surface area contributed by atoms with Gasteiger partial charge in [0.05, 0.1) is 14.2 Å². The van der Waals surface area contributed by atoms with E-state index in [1.54, 1.807) is 20.3 Å². The smallest absolute Gasteiger partial charge is 0.213 e. The van der Waals surface area contributed by atoms with Crippen LogP contribution >= 0.6 is 0 Å². The molecule has 0 spiro atoms. The normalized spacial score (nSPS) is 25.8. The quantitative estimate of drug-likeness (QED) is 0.727. The average molecular weight is 280 g/mol. The molecule has 1 heterocycles. The molecule has 0 aromatic heterocycles. The van der Waals surface area contributed by atoms with E-state index in [4.69, 9.17) is 9.47 Å². The third-order valence-corrected chi connectivity index (χ3v) is 3.29. The summed E-state index contributed by atoms with van der Waals surface area (Å²) in [6, 6.07) is -0.181. The molecule has 0 bridgehead atoms. The molecule has 5 heteroatoms. The zero-order valence-electron chi connectivity index (χ0n) is 13.0. The van der Waals surface area contributed by atoms with Crippen molar-refractivity contribution in [3.63, 3.8) is 0 Å². The zero-order valence-corrected chi connectivity index (χ0v) is 13.0. The largest absolute Gasteiger partial charge is 0.483 e. The van der Waals surface area contributed by atoms with Gasteiger partial charge in [-0.3, -0.25) is 4.79 Å². The Kier molecular flexibility index (Phi) is 5.48. The van der Waals surface area contributed by atoms with Gasteiger partial charge in [-0.15, -0.1) is 6.58 Å². The molecule has 112 valence electrons. The number of hydrogen-bond acceptors (Lipinski definition) is 5. The first kappa shape index (κ1) is 16.4. The molecule has 0 N–H and O–H groups in total. The molecule has 0 saturated heterocycles. The van der Waals surface area contributed by atoms with Crippen molar-refractivity contribution in [2.75, 3.05) is 14.2 Å². The molecule has 5 nitrogen and oxygen atoms in total. The second kappa shape index (κ2) is 6.68. The van der Waals surface area contributed by atoms with Gasteiger partial charge < -0.3 is 9.47 Å². The first-order chi connectivity index (χ1) is 9.40. The predicted octanol–water partition coefficient (Wildman–Crippen LogP) is 2.41. The van der Waals surface area contributed by atoms with Crippen molar-refractivity contribution in [1.29, 1.82) is 0 Å². The van der Waals surface area contributed by atoms with E-state index in [1.807, 2.05) is 13.8 Å². The maximum Gasteiger partial charge on any atom is 0.213 e. The summed E-state index contributed by atoms with van der Waals surface area (Å²) in [5.74, 6) is 1.28. The lowest BCUT2D eigenvalue weighted by Gasteiger charge is -2.35. The van der Waals surface area contributed by atoms with Crippen LogP contribution in [0.1, 0.15) is 33.6 Å². The fraction of sp³-hybridized carbons (Fsp3) is 0.667. The van der Waals surface area contributed by atoms with Crippen LogP contribution in [0.5, 0.6) is 0 Å². The lowest BCUT2D eigenvalue weighted by Crippen LogP contribution is -2.47. The van der Waals surface area contributed by atoms with Gasteiger partial charge in [0.15, 0.2) is 0 Å². The summed E-state index contributed by atoms with van der Waals surface area (Å²) in [7, 11) is 3.13. The molecular formula is C15H24N2O3. The Bertz CT molecular complexity index is 440. The highest BCUT2D eigenvalue weighted by Gasteiger charge is 2.43. The number of nitrogens with zero attached hydrogens (tertiary/aromatic N) is 2. The number of hydrogen-bond donors (Lipinski definition) is 0. The molecule has 0 radical (unpaired) electrons. The summed E-state index contributed by atoms with van der Waals surface area (Å²) in [4.78, 5) is 20.9. The number of aliphatic imine (C=N–C) groups is 2. The van der Waals surface area contributed by atoms with E-state index in [0.29, 0.717) is 18.2 Å². The van der Waals surface area contributed by atoms with Crippen molar-refractivity contribution >= 4 is 17.6 Å². The van der Waals surface area contributed by atoms with Gasteiger partial charge >= 0.3 is 0 Å². The average Bonchev–Trinajstić information content (AvgIpc) is 2.37. The Labute approximate surface area is 120 Å². The van der Waals surface area contributed by atoms with Crippen molar-refractivity contribution in [3.05, 3.63) is 12.7 Å². The SMILES string of the molecule is C=CC[C@@]1(CC(C)=O)N=C(OC)[C@@H](C(C)C)N=C1OC. The minimum absolute atomic E-state index is 0.0267. The minimum Gasteiger partial charge on any atom is -0.483 e. The van der Waals surface area contributed by atoms with Crippen molar-refractivity contribution in [3.8, 4) is 0 Å². The number of ether oxygens (including phenoxy) is 2. The van der Waals surface area contributed by atoms with Gasteiger partial charge in [-0.25, -0.2) is 9.98 Å². The molecule has 0 unspecified atom stereocenters. The van der Waals surface area contributed by atoms with Crippen LogP contribution < -0.4 is 0 Å². The Morgan fingerprint density at radius 2 is 2.10 bits per heavy atom. The van der Waals surface area contributed by atoms with Crippen molar-refractivity contribution in [2.45, 2.75) is 45.2 Å². The van der Waals surface area contributed by atoms with Crippen LogP contribution in [0.4, 0.5) is 0 Å². The monoisotopic (exact) mass is 280 g/mol. The van der Waals surface area contributed by atoms with Gasteiger partial charge in [0.2, 0.25) is 11.8 Å². The van der Waals surface area contributed by atoms with E-state index in [1.165, 1.54) is 6.92 Å². The summed E-state index contributed by atoms with van der Waals surface area (Å²) in [5, 5.41) is 0. The Hall–Kier alpha value is -1.65. The second-order valence-corrected chi connectivity index (χ2v) is 5.38. The van der Waals surface area contributed by atoms with E-state index in [0.717, 1.165) is 0 Å². The lowest BCUT2D eigenvalue weighted by atomic mass is 9.87. The molecule has 0 aliphatic carbocycles. The molecule has 1 aliphatic heterocycles. The molecule has 0 aromatic rings. The van der Waals surface area contributed by atoms with Crippen LogP contribution in [0, 0.1) is 5.92 Å². The maximum atomic E-state index is 11.6. The maximum absolute atomic E-state index is 11.6. The molecular weight excluding hydrogens is 256 g/mol. The zero-order chi connectivity index (χ0) is 15.3. The van der Waals surface area contributed by atoms with Gasteiger partial charge in [-0.1, -0.05) is 19.9 Å². The molecule has 0 saturated carbocycles. The molecule has 20 heavy (non-hydrogen) atoms. The van der Waals surface area contributed by atoms with E-state index in [-0.39, 0.29) is 24.2 Å². The molecule has 0 fully saturated rings. The molecule has 1 rings (SSSR count). The van der Waals surface area contributed by atoms with Gasteiger partial charge in [0.1, 0.15) is 17.4 Å². The summed E-state index contributed by atoms with van der Waals surface area (Å²) in [5.41, 5.74) is -0.820. The predicted molar refractivity (Wildman–Crippen MR) is 80.4 cm³/mol. The van der Waals surface area contributed by atoms with Crippen LogP contribution in [0.3, 0.4) is 0 Å². The fourth-order valence-electron chi connectivity index (χ4n) is 2.44. The Morgan fingerprint density at radius 3 is 2.50 bits per heavy atom. The van der Waals surface area contributed by atoms with Crippen molar-refractivity contribution in [1.82, 2.24) is 0 Å². The highest BCUT2D eigenvalue weighted by molar-refractivity contribution is 5.99. The van der Waals surface area contributed by atoms with Gasteiger partial charge in [0.25, 0.3) is 0 Å². The number of carbonyl (C=O) groups excluding carboxylic acids is 1. The highest BCUT2D eigenvalue weighted by atomic mass is 16.5. The Balaban J connectivity index is 3.32. The van der Waals surface area contributed by atoms with Crippen molar-refractivity contribution in [2.24, 2.45) is 15.9 Å². The second-order valence-electron chi connectivity index (χ2n) is 5.38. The first-order valence-corrected chi connectivity index (χ1v) is 6.76. The lowest BCUT2D eigenvalue weighted by molar-refractivity contribution is -0.117. The van der Waals surface area contributed by atoms with Gasteiger partial charge in [-0.05, 0) is 19.3 Å². The van der Waals surface area contributed by atoms with Crippen LogP contribution in [0.2, 0.25) is 0 Å². The number of ketones is 1. The highest BCUT2D eigenvalue weighted by Crippen LogP contribution is 2.31. The molecule has 0 amide bonds. The van der Waals surface area contributed by atoms with Crippen molar-refractivity contribution < 1.29 is 14.3 Å². The van der Waals surface area contributed by atoms with Crippen LogP contribution in [-0.2, 0) is 14.3 Å². The standard InChI is InChI=1S/C15H24N2O3/c1-7-8-15(9-11(4)18)14(20-6)16-12(10(2)3)13(17-15)19-5/h7,10,12H,1,8-9H2,2-6H3/t12-,15+/m1/s1. The van der Waals surface area contributed by atoms with Crippen LogP contribution in [-0.4, -0.2) is 43.4 Å². The van der Waals surface area contributed by atoms with E-state index in [9.17, 15) is 4.79 Å². The van der Waals surface area contributed by atoms with E-state index in [2.05, 4.69) is 16.6 Å². The van der Waals surface area contributed by atoms with Gasteiger partial charge in [0, 0.05) is 6.42 Å². The minimum atomic E-state index is -0.820. The molecule has 0 aromatic carbocycles.